The predicted molar refractivity (Wildman–Crippen MR) is 112 cm³/mol. The second-order valence-electron chi connectivity index (χ2n) is 6.39. The molecule has 1 N–H and O–H groups in total. The van der Waals surface area contributed by atoms with Crippen molar-refractivity contribution in [3.05, 3.63) is 89.4 Å². The van der Waals surface area contributed by atoms with Crippen molar-refractivity contribution in [3.8, 4) is 0 Å². The van der Waals surface area contributed by atoms with E-state index in [-0.39, 0.29) is 10.6 Å². The Kier molecular flexibility index (Phi) is 6.56. The fourth-order valence-electron chi connectivity index (χ4n) is 2.80. The molecule has 1 amide bonds. The number of hydrogen-bond acceptors (Lipinski definition) is 3. The number of sulfonamides is 1. The SMILES string of the molecule is O=C(CN(c1ccc(Cl)cc1)S(=O)(=O)c1ccccc1)Nc1ccccc1C(F)(F)F. The number of carbonyl (C=O) groups is 1. The molecule has 0 spiro atoms. The van der Waals surface area contributed by atoms with Gasteiger partial charge < -0.3 is 5.32 Å². The maximum absolute atomic E-state index is 13.2. The second kappa shape index (κ2) is 8.99. The minimum Gasteiger partial charge on any atom is -0.324 e. The van der Waals surface area contributed by atoms with Gasteiger partial charge in [0, 0.05) is 5.02 Å². The van der Waals surface area contributed by atoms with Crippen molar-refractivity contribution >= 4 is 38.9 Å². The molecule has 0 saturated heterocycles. The molecule has 0 aliphatic carbocycles. The third-order valence-electron chi connectivity index (χ3n) is 4.24. The quantitative estimate of drug-likeness (QED) is 0.541. The normalized spacial score (nSPS) is 11.7. The Morgan fingerprint density at radius 3 is 2.10 bits per heavy atom. The topological polar surface area (TPSA) is 66.5 Å². The van der Waals surface area contributed by atoms with Crippen molar-refractivity contribution < 1.29 is 26.4 Å². The van der Waals surface area contributed by atoms with Crippen LogP contribution in [-0.2, 0) is 21.0 Å². The number of carbonyl (C=O) groups excluding carboxylic acids is 1. The number of nitrogens with zero attached hydrogens (tertiary/aromatic N) is 1. The van der Waals surface area contributed by atoms with Gasteiger partial charge in [0.25, 0.3) is 10.0 Å². The molecule has 0 radical (unpaired) electrons. The van der Waals surface area contributed by atoms with Gasteiger partial charge in [-0.05, 0) is 48.5 Å². The molecule has 0 aliphatic heterocycles. The van der Waals surface area contributed by atoms with E-state index in [4.69, 9.17) is 11.6 Å². The van der Waals surface area contributed by atoms with Crippen LogP contribution in [0.15, 0.2) is 83.8 Å². The molecule has 0 heterocycles. The first-order chi connectivity index (χ1) is 14.6. The van der Waals surface area contributed by atoms with E-state index >= 15 is 0 Å². The van der Waals surface area contributed by atoms with Gasteiger partial charge >= 0.3 is 6.18 Å². The van der Waals surface area contributed by atoms with E-state index in [1.54, 1.807) is 6.07 Å². The summed E-state index contributed by atoms with van der Waals surface area (Å²) >= 11 is 5.87. The lowest BCUT2D eigenvalue weighted by Gasteiger charge is -2.24. The van der Waals surface area contributed by atoms with Gasteiger partial charge in [-0.1, -0.05) is 41.9 Å². The van der Waals surface area contributed by atoms with Gasteiger partial charge in [0.1, 0.15) is 6.54 Å². The van der Waals surface area contributed by atoms with Crippen LogP contribution in [0.2, 0.25) is 5.02 Å². The van der Waals surface area contributed by atoms with Crippen LogP contribution in [0.4, 0.5) is 24.5 Å². The zero-order valence-electron chi connectivity index (χ0n) is 15.8. The number of alkyl halides is 3. The van der Waals surface area contributed by atoms with Crippen molar-refractivity contribution in [1.82, 2.24) is 0 Å². The number of amides is 1. The van der Waals surface area contributed by atoms with E-state index < -0.39 is 39.9 Å². The summed E-state index contributed by atoms with van der Waals surface area (Å²) in [6.45, 7) is -0.745. The van der Waals surface area contributed by atoms with Crippen molar-refractivity contribution in [1.29, 1.82) is 0 Å². The van der Waals surface area contributed by atoms with Crippen LogP contribution in [0, 0.1) is 0 Å². The summed E-state index contributed by atoms with van der Waals surface area (Å²) in [4.78, 5) is 12.5. The van der Waals surface area contributed by atoms with Crippen LogP contribution in [0.1, 0.15) is 5.56 Å². The first-order valence-electron chi connectivity index (χ1n) is 8.88. The van der Waals surface area contributed by atoms with Gasteiger partial charge in [-0.15, -0.1) is 0 Å². The zero-order chi connectivity index (χ0) is 22.6. The molecular weight excluding hydrogens is 453 g/mol. The summed E-state index contributed by atoms with van der Waals surface area (Å²) in [5.41, 5.74) is -1.37. The smallest absolute Gasteiger partial charge is 0.324 e. The number of benzene rings is 3. The minimum absolute atomic E-state index is 0.0755. The maximum Gasteiger partial charge on any atom is 0.418 e. The molecule has 162 valence electrons. The molecular formula is C21H16ClF3N2O3S. The van der Waals surface area contributed by atoms with Crippen molar-refractivity contribution in [3.63, 3.8) is 0 Å². The summed E-state index contributed by atoms with van der Waals surface area (Å²) in [6.07, 6.45) is -4.68. The van der Waals surface area contributed by atoms with E-state index in [2.05, 4.69) is 5.32 Å². The van der Waals surface area contributed by atoms with Crippen LogP contribution >= 0.6 is 11.6 Å². The molecule has 3 aromatic rings. The zero-order valence-corrected chi connectivity index (χ0v) is 17.4. The molecule has 0 unspecified atom stereocenters. The molecule has 0 saturated carbocycles. The number of anilines is 2. The van der Waals surface area contributed by atoms with Gasteiger partial charge in [0.15, 0.2) is 0 Å². The Labute approximate surface area is 182 Å². The van der Waals surface area contributed by atoms with Crippen LogP contribution in [-0.4, -0.2) is 20.9 Å². The van der Waals surface area contributed by atoms with Crippen molar-refractivity contribution in [2.75, 3.05) is 16.2 Å². The van der Waals surface area contributed by atoms with E-state index in [0.29, 0.717) is 5.02 Å². The number of nitrogens with one attached hydrogen (secondary N) is 1. The average molecular weight is 469 g/mol. The Bertz CT molecular complexity index is 1170. The lowest BCUT2D eigenvalue weighted by atomic mass is 10.1. The summed E-state index contributed by atoms with van der Waals surface area (Å²) < 4.78 is 66.8. The Balaban J connectivity index is 1.95. The van der Waals surface area contributed by atoms with Crippen molar-refractivity contribution in [2.24, 2.45) is 0 Å². The molecule has 0 aliphatic rings. The monoisotopic (exact) mass is 468 g/mol. The molecule has 31 heavy (non-hydrogen) atoms. The first-order valence-corrected chi connectivity index (χ1v) is 10.7. The summed E-state index contributed by atoms with van der Waals surface area (Å²) in [5.74, 6) is -0.939. The molecule has 3 aromatic carbocycles. The molecule has 0 atom stereocenters. The molecule has 0 fully saturated rings. The number of rotatable bonds is 6. The van der Waals surface area contributed by atoms with Gasteiger partial charge in [-0.2, -0.15) is 13.2 Å². The van der Waals surface area contributed by atoms with Gasteiger partial charge in [-0.3, -0.25) is 9.10 Å². The number of halogens is 4. The van der Waals surface area contributed by atoms with E-state index in [0.717, 1.165) is 16.4 Å². The Morgan fingerprint density at radius 2 is 1.48 bits per heavy atom. The molecule has 0 bridgehead atoms. The average Bonchev–Trinajstić information content (AvgIpc) is 2.73. The standard InChI is InChI=1S/C21H16ClF3N2O3S/c22-15-10-12-16(13-11-15)27(31(29,30)17-6-2-1-3-7-17)14-20(28)26-19-9-5-4-8-18(19)21(23,24)25/h1-13H,14H2,(H,26,28). The van der Waals surface area contributed by atoms with Crippen molar-refractivity contribution in [2.45, 2.75) is 11.1 Å². The molecule has 5 nitrogen and oxygen atoms in total. The first kappa shape index (κ1) is 22.6. The summed E-state index contributed by atoms with van der Waals surface area (Å²) in [6, 6.07) is 17.5. The lowest BCUT2D eigenvalue weighted by molar-refractivity contribution is -0.137. The van der Waals surface area contributed by atoms with Crippen LogP contribution in [0.25, 0.3) is 0 Å². The highest BCUT2D eigenvalue weighted by Gasteiger charge is 2.34. The van der Waals surface area contributed by atoms with E-state index in [1.165, 1.54) is 60.7 Å². The fourth-order valence-corrected chi connectivity index (χ4v) is 4.37. The predicted octanol–water partition coefficient (Wildman–Crippen LogP) is 5.19. The van der Waals surface area contributed by atoms with Gasteiger partial charge in [-0.25, -0.2) is 8.42 Å². The summed E-state index contributed by atoms with van der Waals surface area (Å²) in [5, 5.41) is 2.51. The lowest BCUT2D eigenvalue weighted by Crippen LogP contribution is -2.38. The van der Waals surface area contributed by atoms with Gasteiger partial charge in [0.2, 0.25) is 5.91 Å². The van der Waals surface area contributed by atoms with Crippen LogP contribution in [0.5, 0.6) is 0 Å². The highest BCUT2D eigenvalue weighted by Crippen LogP contribution is 2.34. The highest BCUT2D eigenvalue weighted by atomic mass is 35.5. The molecule has 3 rings (SSSR count). The number of hydrogen-bond donors (Lipinski definition) is 1. The van der Waals surface area contributed by atoms with E-state index in [9.17, 15) is 26.4 Å². The summed E-state index contributed by atoms with van der Waals surface area (Å²) in [7, 11) is -4.19. The Hall–Kier alpha value is -3.04. The second-order valence-corrected chi connectivity index (χ2v) is 8.69. The number of para-hydroxylation sites is 1. The Morgan fingerprint density at radius 1 is 0.903 bits per heavy atom. The third kappa shape index (κ3) is 5.36. The highest BCUT2D eigenvalue weighted by molar-refractivity contribution is 7.92. The molecule has 0 aromatic heterocycles. The third-order valence-corrected chi connectivity index (χ3v) is 6.28. The van der Waals surface area contributed by atoms with E-state index in [1.807, 2.05) is 0 Å². The van der Waals surface area contributed by atoms with Crippen LogP contribution < -0.4 is 9.62 Å². The minimum atomic E-state index is -4.68. The fraction of sp³-hybridized carbons (Fsp3) is 0.0952. The largest absolute Gasteiger partial charge is 0.418 e. The van der Waals surface area contributed by atoms with Gasteiger partial charge in [0.05, 0.1) is 21.8 Å². The maximum atomic E-state index is 13.2. The van der Waals surface area contributed by atoms with Crippen LogP contribution in [0.3, 0.4) is 0 Å². The molecule has 10 heteroatoms.